The van der Waals surface area contributed by atoms with Crippen LogP contribution in [0.25, 0.3) is 0 Å². The van der Waals surface area contributed by atoms with Crippen molar-refractivity contribution in [3.63, 3.8) is 0 Å². The summed E-state index contributed by atoms with van der Waals surface area (Å²) in [6.45, 7) is 0. The maximum atomic E-state index is 11.1. The molecule has 0 amide bonds. The molecule has 108 valence electrons. The molecule has 0 radical (unpaired) electrons. The Balaban J connectivity index is 2.45. The van der Waals surface area contributed by atoms with Gasteiger partial charge in [0.2, 0.25) is 11.6 Å². The molecule has 0 bridgehead atoms. The predicted octanol–water partition coefficient (Wildman–Crippen LogP) is 2.07. The van der Waals surface area contributed by atoms with Crippen molar-refractivity contribution < 1.29 is 14.4 Å². The van der Waals surface area contributed by atoms with E-state index in [0.29, 0.717) is 5.75 Å². The van der Waals surface area contributed by atoms with E-state index in [4.69, 9.17) is 20.6 Å². The van der Waals surface area contributed by atoms with Gasteiger partial charge in [-0.2, -0.15) is 0 Å². The van der Waals surface area contributed by atoms with E-state index in [0.717, 1.165) is 0 Å². The number of hydrogen-bond donors (Lipinski definition) is 2. The molecule has 0 aliphatic rings. The molecule has 2 aromatic rings. The fraction of sp³-hybridized carbons (Fsp3) is 0.0769. The molecular formula is C13H12N4O4. The molecule has 0 fully saturated rings. The third-order valence-corrected chi connectivity index (χ3v) is 2.63. The van der Waals surface area contributed by atoms with Gasteiger partial charge in [0.25, 0.3) is 0 Å². The molecule has 8 heteroatoms. The Morgan fingerprint density at radius 2 is 2.19 bits per heavy atom. The minimum atomic E-state index is -0.589. The molecule has 0 aliphatic heterocycles. The van der Waals surface area contributed by atoms with Gasteiger partial charge in [0.1, 0.15) is 11.6 Å². The normalized spacial score (nSPS) is 9.95. The minimum absolute atomic E-state index is 0.0120. The van der Waals surface area contributed by atoms with Crippen molar-refractivity contribution in [3.05, 3.63) is 52.2 Å². The number of amidine groups is 1. The van der Waals surface area contributed by atoms with Gasteiger partial charge in [0.15, 0.2) is 0 Å². The first-order valence-corrected chi connectivity index (χ1v) is 5.82. The highest BCUT2D eigenvalue weighted by Crippen LogP contribution is 2.34. The van der Waals surface area contributed by atoms with Gasteiger partial charge in [-0.1, -0.05) is 0 Å². The average molecular weight is 288 g/mol. The average Bonchev–Trinajstić information content (AvgIpc) is 2.47. The lowest BCUT2D eigenvalue weighted by atomic mass is 10.2. The second kappa shape index (κ2) is 5.87. The van der Waals surface area contributed by atoms with E-state index in [1.807, 2.05) is 0 Å². The number of aromatic nitrogens is 1. The van der Waals surface area contributed by atoms with Gasteiger partial charge in [-0.3, -0.25) is 15.5 Å². The van der Waals surface area contributed by atoms with Crippen LogP contribution in [0.3, 0.4) is 0 Å². The number of benzene rings is 1. The summed E-state index contributed by atoms with van der Waals surface area (Å²) < 4.78 is 10.4. The molecule has 1 aromatic carbocycles. The highest BCUT2D eigenvalue weighted by atomic mass is 16.6. The van der Waals surface area contributed by atoms with Gasteiger partial charge in [-0.25, -0.2) is 4.98 Å². The highest BCUT2D eigenvalue weighted by molar-refractivity contribution is 5.97. The zero-order valence-corrected chi connectivity index (χ0v) is 11.1. The number of pyridine rings is 1. The van der Waals surface area contributed by atoms with Gasteiger partial charge in [0.05, 0.1) is 23.7 Å². The number of nitro groups is 1. The van der Waals surface area contributed by atoms with E-state index in [9.17, 15) is 10.1 Å². The van der Waals surface area contributed by atoms with Crippen LogP contribution in [0.2, 0.25) is 0 Å². The smallest absolute Gasteiger partial charge is 0.315 e. The van der Waals surface area contributed by atoms with Crippen LogP contribution < -0.4 is 15.2 Å². The van der Waals surface area contributed by atoms with Crippen LogP contribution in [0.1, 0.15) is 5.56 Å². The van der Waals surface area contributed by atoms with Gasteiger partial charge in [-0.05, 0) is 24.3 Å². The molecule has 2 rings (SSSR count). The van der Waals surface area contributed by atoms with Crippen molar-refractivity contribution in [1.29, 1.82) is 5.41 Å². The number of nitrogen functional groups attached to an aromatic ring is 1. The summed E-state index contributed by atoms with van der Waals surface area (Å²) in [5.74, 6) is 0.108. The Morgan fingerprint density at radius 3 is 2.81 bits per heavy atom. The number of rotatable bonds is 5. The summed E-state index contributed by atoms with van der Waals surface area (Å²) in [6, 6.07) is 7.30. The van der Waals surface area contributed by atoms with E-state index in [2.05, 4.69) is 4.98 Å². The number of ether oxygens (including phenoxy) is 2. The second-order valence-corrected chi connectivity index (χ2v) is 3.96. The standard InChI is InChI=1S/C13H12N4O4/c1-20-8-4-5-11(10(7-8)17(18)19)21-13-9(12(14)15)3-2-6-16-13/h2-7H,1H3,(H3,14,15). The van der Waals surface area contributed by atoms with Crippen LogP contribution in [0.4, 0.5) is 5.69 Å². The van der Waals surface area contributed by atoms with Crippen LogP contribution in [-0.2, 0) is 0 Å². The summed E-state index contributed by atoms with van der Waals surface area (Å²) in [4.78, 5) is 14.4. The van der Waals surface area contributed by atoms with Gasteiger partial charge >= 0.3 is 5.69 Å². The van der Waals surface area contributed by atoms with Crippen LogP contribution in [0.15, 0.2) is 36.5 Å². The Bertz CT molecular complexity index is 702. The zero-order chi connectivity index (χ0) is 15.4. The third kappa shape index (κ3) is 3.06. The van der Waals surface area contributed by atoms with Crippen molar-refractivity contribution in [2.24, 2.45) is 5.73 Å². The van der Waals surface area contributed by atoms with Crippen LogP contribution in [-0.4, -0.2) is 22.9 Å². The zero-order valence-electron chi connectivity index (χ0n) is 11.1. The molecule has 1 aromatic heterocycles. The maximum Gasteiger partial charge on any atom is 0.315 e. The second-order valence-electron chi connectivity index (χ2n) is 3.96. The van der Waals surface area contributed by atoms with Gasteiger partial charge in [0, 0.05) is 6.20 Å². The van der Waals surface area contributed by atoms with Crippen LogP contribution >= 0.6 is 0 Å². The Morgan fingerprint density at radius 1 is 1.43 bits per heavy atom. The van der Waals surface area contributed by atoms with Crippen molar-refractivity contribution in [2.45, 2.75) is 0 Å². The highest BCUT2D eigenvalue weighted by Gasteiger charge is 2.19. The SMILES string of the molecule is COc1ccc(Oc2ncccc2C(=N)N)c([N+](=O)[O-])c1. The lowest BCUT2D eigenvalue weighted by Gasteiger charge is -2.09. The van der Waals surface area contributed by atoms with E-state index < -0.39 is 4.92 Å². The van der Waals surface area contributed by atoms with E-state index in [1.165, 1.54) is 31.5 Å². The molecular weight excluding hydrogens is 276 g/mol. The molecule has 0 saturated heterocycles. The lowest BCUT2D eigenvalue weighted by Crippen LogP contribution is -2.13. The third-order valence-electron chi connectivity index (χ3n) is 2.63. The molecule has 8 nitrogen and oxygen atoms in total. The molecule has 21 heavy (non-hydrogen) atoms. The molecule has 3 N–H and O–H groups in total. The lowest BCUT2D eigenvalue weighted by molar-refractivity contribution is -0.385. The predicted molar refractivity (Wildman–Crippen MR) is 75.0 cm³/mol. The van der Waals surface area contributed by atoms with Gasteiger partial charge in [-0.15, -0.1) is 0 Å². The molecule has 0 spiro atoms. The quantitative estimate of drug-likeness (QED) is 0.375. The monoisotopic (exact) mass is 288 g/mol. The Hall–Kier alpha value is -3.16. The minimum Gasteiger partial charge on any atom is -0.496 e. The number of nitro benzene ring substituents is 1. The molecule has 0 unspecified atom stereocenters. The maximum absolute atomic E-state index is 11.1. The summed E-state index contributed by atoms with van der Waals surface area (Å²) in [6.07, 6.45) is 1.44. The van der Waals surface area contributed by atoms with Crippen LogP contribution in [0.5, 0.6) is 17.4 Å². The molecule has 0 atom stereocenters. The van der Waals surface area contributed by atoms with Crippen molar-refractivity contribution >= 4 is 11.5 Å². The number of nitrogens with two attached hydrogens (primary N) is 1. The van der Waals surface area contributed by atoms with E-state index in [-0.39, 0.29) is 28.7 Å². The first kappa shape index (κ1) is 14.3. The van der Waals surface area contributed by atoms with Gasteiger partial charge < -0.3 is 15.2 Å². The van der Waals surface area contributed by atoms with E-state index in [1.54, 1.807) is 12.1 Å². The molecule has 1 heterocycles. The molecule has 0 aliphatic carbocycles. The van der Waals surface area contributed by atoms with Crippen molar-refractivity contribution in [1.82, 2.24) is 4.98 Å². The first-order chi connectivity index (χ1) is 10.0. The van der Waals surface area contributed by atoms with E-state index >= 15 is 0 Å². The topological polar surface area (TPSA) is 124 Å². The number of nitrogens with zero attached hydrogens (tertiary/aromatic N) is 2. The fourth-order valence-electron chi connectivity index (χ4n) is 1.63. The summed E-state index contributed by atoms with van der Waals surface area (Å²) in [5.41, 5.74) is 5.40. The number of nitrogens with one attached hydrogen (secondary N) is 1. The van der Waals surface area contributed by atoms with Crippen LogP contribution in [0, 0.1) is 15.5 Å². The number of methoxy groups -OCH3 is 1. The Labute approximate surface area is 119 Å². The van der Waals surface area contributed by atoms with Crippen molar-refractivity contribution in [2.75, 3.05) is 7.11 Å². The number of hydrogen-bond acceptors (Lipinski definition) is 6. The summed E-state index contributed by atoms with van der Waals surface area (Å²) >= 11 is 0. The molecule has 0 saturated carbocycles. The van der Waals surface area contributed by atoms with Crippen molar-refractivity contribution in [3.8, 4) is 17.4 Å². The Kier molecular flexibility index (Phi) is 3.98. The fourth-order valence-corrected chi connectivity index (χ4v) is 1.63. The largest absolute Gasteiger partial charge is 0.496 e. The first-order valence-electron chi connectivity index (χ1n) is 5.82. The summed E-state index contributed by atoms with van der Waals surface area (Å²) in [5, 5.41) is 18.5. The summed E-state index contributed by atoms with van der Waals surface area (Å²) in [7, 11) is 1.41.